The van der Waals surface area contributed by atoms with Crippen LogP contribution in [-0.2, 0) is 16.4 Å². The lowest BCUT2D eigenvalue weighted by Crippen LogP contribution is -2.05. The molecule has 0 saturated heterocycles. The molecule has 13 heavy (non-hydrogen) atoms. The van der Waals surface area contributed by atoms with E-state index in [0.29, 0.717) is 12.2 Å². The molecule has 0 aromatic carbocycles. The predicted octanol–water partition coefficient (Wildman–Crippen LogP) is 0.252. The summed E-state index contributed by atoms with van der Waals surface area (Å²) in [5.74, 6) is 0. The second kappa shape index (κ2) is 3.43. The number of hydrogen-bond acceptors (Lipinski definition) is 4. The molecule has 0 amide bonds. The van der Waals surface area contributed by atoms with E-state index in [2.05, 4.69) is 4.98 Å². The van der Waals surface area contributed by atoms with Crippen molar-refractivity contribution in [1.29, 1.82) is 0 Å². The van der Waals surface area contributed by atoms with Crippen molar-refractivity contribution >= 4 is 9.84 Å². The summed E-state index contributed by atoms with van der Waals surface area (Å²) in [6, 6.07) is 3.27. The van der Waals surface area contributed by atoms with E-state index in [4.69, 9.17) is 5.73 Å². The molecule has 0 radical (unpaired) electrons. The third-order valence-corrected chi connectivity index (χ3v) is 2.57. The molecule has 0 unspecified atom stereocenters. The summed E-state index contributed by atoms with van der Waals surface area (Å²) >= 11 is 0. The van der Waals surface area contributed by atoms with Gasteiger partial charge in [-0.05, 0) is 24.6 Å². The molecule has 0 aliphatic heterocycles. The van der Waals surface area contributed by atoms with Gasteiger partial charge in [0.15, 0.2) is 14.9 Å². The highest BCUT2D eigenvalue weighted by Gasteiger charge is 2.09. The van der Waals surface area contributed by atoms with Crippen molar-refractivity contribution in [2.24, 2.45) is 5.73 Å². The van der Waals surface area contributed by atoms with Crippen molar-refractivity contribution < 1.29 is 8.42 Å². The lowest BCUT2D eigenvalue weighted by molar-refractivity contribution is 0.597. The molecule has 1 rings (SSSR count). The first-order valence-corrected chi connectivity index (χ1v) is 5.70. The first kappa shape index (κ1) is 10.1. The van der Waals surface area contributed by atoms with E-state index in [-0.39, 0.29) is 5.03 Å². The highest BCUT2D eigenvalue weighted by molar-refractivity contribution is 7.90. The number of sulfone groups is 1. The van der Waals surface area contributed by atoms with E-state index >= 15 is 0 Å². The Bertz CT molecular complexity index is 412. The molecule has 5 heteroatoms. The van der Waals surface area contributed by atoms with Crippen LogP contribution in [0, 0.1) is 6.92 Å². The molecular weight excluding hydrogens is 188 g/mol. The average molecular weight is 200 g/mol. The average Bonchev–Trinajstić information content (AvgIpc) is 2.01. The largest absolute Gasteiger partial charge is 0.326 e. The lowest BCUT2D eigenvalue weighted by Gasteiger charge is -2.02. The Morgan fingerprint density at radius 3 is 2.54 bits per heavy atom. The highest BCUT2D eigenvalue weighted by Crippen LogP contribution is 2.09. The van der Waals surface area contributed by atoms with Gasteiger partial charge in [-0.2, -0.15) is 0 Å². The Labute approximate surface area is 77.7 Å². The molecular formula is C8H12N2O2S. The van der Waals surface area contributed by atoms with Gasteiger partial charge in [-0.25, -0.2) is 13.4 Å². The van der Waals surface area contributed by atoms with Crippen LogP contribution in [0.3, 0.4) is 0 Å². The van der Waals surface area contributed by atoms with Crippen molar-refractivity contribution in [3.63, 3.8) is 0 Å². The van der Waals surface area contributed by atoms with Gasteiger partial charge in [0.2, 0.25) is 0 Å². The van der Waals surface area contributed by atoms with E-state index in [9.17, 15) is 8.42 Å². The minimum Gasteiger partial charge on any atom is -0.326 e. The van der Waals surface area contributed by atoms with Gasteiger partial charge < -0.3 is 5.73 Å². The van der Waals surface area contributed by atoms with Crippen molar-refractivity contribution in [2.45, 2.75) is 18.5 Å². The van der Waals surface area contributed by atoms with E-state index in [1.807, 2.05) is 0 Å². The van der Waals surface area contributed by atoms with Gasteiger partial charge in [0.1, 0.15) is 0 Å². The van der Waals surface area contributed by atoms with Gasteiger partial charge in [-0.15, -0.1) is 0 Å². The van der Waals surface area contributed by atoms with Crippen molar-refractivity contribution in [2.75, 3.05) is 6.26 Å². The normalized spacial score (nSPS) is 11.6. The third kappa shape index (κ3) is 2.50. The fourth-order valence-corrected chi connectivity index (χ4v) is 1.69. The molecule has 4 nitrogen and oxygen atoms in total. The first-order chi connectivity index (χ1) is 5.93. The summed E-state index contributed by atoms with van der Waals surface area (Å²) in [6.45, 7) is 2.07. The zero-order valence-electron chi connectivity index (χ0n) is 7.61. The minimum absolute atomic E-state index is 0.0907. The lowest BCUT2D eigenvalue weighted by atomic mass is 10.2. The van der Waals surface area contributed by atoms with Crippen LogP contribution in [0.1, 0.15) is 11.3 Å². The number of nitrogens with zero attached hydrogens (tertiary/aromatic N) is 1. The summed E-state index contributed by atoms with van der Waals surface area (Å²) in [5.41, 5.74) is 6.86. The van der Waals surface area contributed by atoms with Gasteiger partial charge in [0.05, 0.1) is 0 Å². The van der Waals surface area contributed by atoms with Crippen LogP contribution in [0.4, 0.5) is 0 Å². The first-order valence-electron chi connectivity index (χ1n) is 3.81. The molecule has 2 N–H and O–H groups in total. The SMILES string of the molecule is Cc1cc(CN)cc(S(C)(=O)=O)n1. The Balaban J connectivity index is 3.33. The zero-order chi connectivity index (χ0) is 10.1. The van der Waals surface area contributed by atoms with Crippen LogP contribution >= 0.6 is 0 Å². The highest BCUT2D eigenvalue weighted by atomic mass is 32.2. The Morgan fingerprint density at radius 1 is 1.46 bits per heavy atom. The van der Waals surface area contributed by atoms with Crippen LogP contribution in [0.25, 0.3) is 0 Å². The van der Waals surface area contributed by atoms with Crippen molar-refractivity contribution in [1.82, 2.24) is 4.98 Å². The maximum atomic E-state index is 11.1. The Kier molecular flexibility index (Phi) is 2.68. The Hall–Kier alpha value is -0.940. The number of pyridine rings is 1. The molecule has 1 aromatic rings. The fourth-order valence-electron chi connectivity index (χ4n) is 1.01. The van der Waals surface area contributed by atoms with Gasteiger partial charge in [0.25, 0.3) is 0 Å². The molecule has 0 atom stereocenters. The summed E-state index contributed by atoms with van der Waals surface area (Å²) in [5, 5.41) is 0.0907. The molecule has 0 saturated carbocycles. The quantitative estimate of drug-likeness (QED) is 0.742. The fraction of sp³-hybridized carbons (Fsp3) is 0.375. The predicted molar refractivity (Wildman–Crippen MR) is 50.0 cm³/mol. The number of aromatic nitrogens is 1. The van der Waals surface area contributed by atoms with Gasteiger partial charge in [-0.1, -0.05) is 0 Å². The van der Waals surface area contributed by atoms with Gasteiger partial charge >= 0.3 is 0 Å². The third-order valence-electron chi connectivity index (χ3n) is 1.61. The maximum absolute atomic E-state index is 11.1. The molecule has 72 valence electrons. The molecule has 1 aromatic heterocycles. The van der Waals surface area contributed by atoms with Crippen LogP contribution in [0.5, 0.6) is 0 Å². The van der Waals surface area contributed by atoms with E-state index in [0.717, 1.165) is 11.8 Å². The summed E-state index contributed by atoms with van der Waals surface area (Å²) in [7, 11) is -3.22. The summed E-state index contributed by atoms with van der Waals surface area (Å²) in [6.07, 6.45) is 1.13. The van der Waals surface area contributed by atoms with Crippen molar-refractivity contribution in [3.05, 3.63) is 23.4 Å². The van der Waals surface area contributed by atoms with Crippen molar-refractivity contribution in [3.8, 4) is 0 Å². The summed E-state index contributed by atoms with van der Waals surface area (Å²) < 4.78 is 22.3. The molecule has 0 fully saturated rings. The van der Waals surface area contributed by atoms with Crippen LogP contribution in [-0.4, -0.2) is 19.7 Å². The van der Waals surface area contributed by atoms with Gasteiger partial charge in [-0.3, -0.25) is 0 Å². The van der Waals surface area contributed by atoms with E-state index in [1.54, 1.807) is 13.0 Å². The topological polar surface area (TPSA) is 73.1 Å². The number of rotatable bonds is 2. The monoisotopic (exact) mass is 200 g/mol. The molecule has 0 aliphatic carbocycles. The maximum Gasteiger partial charge on any atom is 0.192 e. The van der Waals surface area contributed by atoms with Crippen LogP contribution < -0.4 is 5.73 Å². The van der Waals surface area contributed by atoms with E-state index < -0.39 is 9.84 Å². The molecule has 0 bridgehead atoms. The number of nitrogens with two attached hydrogens (primary N) is 1. The van der Waals surface area contributed by atoms with Crippen LogP contribution in [0.15, 0.2) is 17.2 Å². The van der Waals surface area contributed by atoms with Crippen LogP contribution in [0.2, 0.25) is 0 Å². The second-order valence-electron chi connectivity index (χ2n) is 2.93. The second-order valence-corrected chi connectivity index (χ2v) is 4.89. The minimum atomic E-state index is -3.22. The Morgan fingerprint density at radius 2 is 2.08 bits per heavy atom. The smallest absolute Gasteiger partial charge is 0.192 e. The number of hydrogen-bond donors (Lipinski definition) is 1. The standard InChI is InChI=1S/C8H12N2O2S/c1-6-3-7(5-9)4-8(10-6)13(2,11)12/h3-4H,5,9H2,1-2H3. The zero-order valence-corrected chi connectivity index (χ0v) is 8.43. The molecule has 0 spiro atoms. The number of aryl methyl sites for hydroxylation is 1. The van der Waals surface area contributed by atoms with Gasteiger partial charge in [0, 0.05) is 18.5 Å². The summed E-state index contributed by atoms with van der Waals surface area (Å²) in [4.78, 5) is 3.91. The molecule has 1 heterocycles. The molecule has 0 aliphatic rings. The van der Waals surface area contributed by atoms with E-state index in [1.165, 1.54) is 6.07 Å².